The van der Waals surface area contributed by atoms with Crippen molar-refractivity contribution in [3.05, 3.63) is 12.7 Å². The van der Waals surface area contributed by atoms with Gasteiger partial charge in [0.15, 0.2) is 23.2 Å². The predicted molar refractivity (Wildman–Crippen MR) is 99.7 cm³/mol. The first kappa shape index (κ1) is 23.1. The van der Waals surface area contributed by atoms with Gasteiger partial charge in [0.05, 0.1) is 25.4 Å². The predicted octanol–water partition coefficient (Wildman–Crippen LogP) is -3.30. The number of hydrogen-bond donors (Lipinski definition) is 7. The summed E-state index contributed by atoms with van der Waals surface area (Å²) in [6.07, 6.45) is -3.63. The molecule has 2 aromatic heterocycles. The van der Waals surface area contributed by atoms with E-state index in [9.17, 15) is 24.4 Å². The largest absolute Gasteiger partial charge is 0.469 e. The highest BCUT2D eigenvalue weighted by Crippen LogP contribution is 2.38. The molecule has 0 radical (unpaired) electrons. The summed E-state index contributed by atoms with van der Waals surface area (Å²) in [7, 11) is -4.81. The molecule has 3 rings (SSSR count). The number of nitrogens with two attached hydrogens (primary N) is 2. The second-order valence-electron chi connectivity index (χ2n) is 6.65. The molecule has 0 unspecified atom stereocenters. The molecule has 3 heterocycles. The Kier molecular flexibility index (Phi) is 6.63. The third kappa shape index (κ3) is 5.20. The smallest absolute Gasteiger partial charge is 0.387 e. The molecular weight excluding hydrogens is 441 g/mol. The highest BCUT2D eigenvalue weighted by molar-refractivity contribution is 7.46. The molecule has 9 N–H and O–H groups in total. The molecule has 1 saturated heterocycles. The van der Waals surface area contributed by atoms with E-state index in [-0.39, 0.29) is 23.4 Å². The van der Waals surface area contributed by atoms with Gasteiger partial charge in [0.2, 0.25) is 11.8 Å². The van der Waals surface area contributed by atoms with Crippen LogP contribution in [-0.4, -0.2) is 82.3 Å². The van der Waals surface area contributed by atoms with Gasteiger partial charge in [-0.25, -0.2) is 19.5 Å². The Morgan fingerprint density at radius 3 is 2.65 bits per heavy atom. The number of amides is 2. The first-order valence-electron chi connectivity index (χ1n) is 8.72. The quantitative estimate of drug-likeness (QED) is 0.190. The number of aliphatic hydroxyl groups excluding tert-OH is 2. The molecule has 5 atom stereocenters. The zero-order valence-electron chi connectivity index (χ0n) is 15.7. The number of ether oxygens (including phenoxy) is 1. The Balaban J connectivity index is 1.81. The van der Waals surface area contributed by atoms with Crippen LogP contribution in [0.2, 0.25) is 0 Å². The molecule has 0 spiro atoms. The fourth-order valence-electron chi connectivity index (χ4n) is 2.92. The topological polar surface area (TPSA) is 258 Å². The number of rotatable bonds is 8. The summed E-state index contributed by atoms with van der Waals surface area (Å²) in [5.41, 5.74) is 10.8. The van der Waals surface area contributed by atoms with Crippen molar-refractivity contribution >= 4 is 36.6 Å². The molecule has 0 aliphatic carbocycles. The van der Waals surface area contributed by atoms with Crippen LogP contribution in [0.25, 0.3) is 11.2 Å². The van der Waals surface area contributed by atoms with Crippen LogP contribution < -0.4 is 16.8 Å². The third-order valence-corrected chi connectivity index (χ3v) is 4.86. The molecule has 1 aliphatic heterocycles. The standard InChI is InChI=1S/C14H20N7O9P/c15-5(1-7(16)22)13(25)20-11-8-12(18-3-17-11)21(4-19-8)14-10(24)9(23)6(30-14)2-29-31(26,27)28/h3-6,9-10,14,23-24H,1-2,15H2,(H2,16,22)(H2,26,27,28)(H,17,18,20,25)/t5-,6+,9+,10+,14+/m0/s1. The van der Waals surface area contributed by atoms with Crippen LogP contribution >= 0.6 is 7.82 Å². The van der Waals surface area contributed by atoms with Gasteiger partial charge in [0, 0.05) is 0 Å². The van der Waals surface area contributed by atoms with E-state index in [1.54, 1.807) is 0 Å². The molecule has 31 heavy (non-hydrogen) atoms. The molecule has 16 nitrogen and oxygen atoms in total. The molecule has 1 fully saturated rings. The van der Waals surface area contributed by atoms with Crippen molar-refractivity contribution in [2.75, 3.05) is 11.9 Å². The molecule has 170 valence electrons. The van der Waals surface area contributed by atoms with Crippen molar-refractivity contribution in [3.8, 4) is 0 Å². The van der Waals surface area contributed by atoms with Crippen molar-refractivity contribution in [3.63, 3.8) is 0 Å². The van der Waals surface area contributed by atoms with Crippen LogP contribution in [0.15, 0.2) is 12.7 Å². The first-order chi connectivity index (χ1) is 14.5. The normalized spacial score (nSPS) is 24.9. The van der Waals surface area contributed by atoms with E-state index >= 15 is 0 Å². The molecule has 1 aliphatic rings. The van der Waals surface area contributed by atoms with Gasteiger partial charge in [-0.1, -0.05) is 0 Å². The van der Waals surface area contributed by atoms with Crippen LogP contribution in [0.1, 0.15) is 12.6 Å². The molecule has 2 aromatic rings. The van der Waals surface area contributed by atoms with Crippen molar-refractivity contribution in [1.29, 1.82) is 0 Å². The fourth-order valence-corrected chi connectivity index (χ4v) is 3.26. The van der Waals surface area contributed by atoms with Crippen molar-refractivity contribution in [1.82, 2.24) is 19.5 Å². The third-order valence-electron chi connectivity index (χ3n) is 4.38. The summed E-state index contributed by atoms with van der Waals surface area (Å²) in [5, 5.41) is 22.8. The summed E-state index contributed by atoms with van der Waals surface area (Å²) >= 11 is 0. The number of phosphoric acid groups is 1. The van der Waals surface area contributed by atoms with E-state index in [1.807, 2.05) is 0 Å². The molecule has 0 saturated carbocycles. The lowest BCUT2D eigenvalue weighted by Gasteiger charge is -2.16. The number of hydrogen-bond acceptors (Lipinski definition) is 11. The number of nitrogens with one attached hydrogen (secondary N) is 1. The maximum absolute atomic E-state index is 12.1. The fraction of sp³-hybridized carbons (Fsp3) is 0.500. The second kappa shape index (κ2) is 8.89. The van der Waals surface area contributed by atoms with Gasteiger partial charge in [0.1, 0.15) is 24.6 Å². The molecule has 0 aromatic carbocycles. The van der Waals surface area contributed by atoms with Crippen molar-refractivity contribution in [2.24, 2.45) is 11.5 Å². The van der Waals surface area contributed by atoms with Gasteiger partial charge in [-0.15, -0.1) is 0 Å². The number of aromatic nitrogens is 4. The number of carbonyl (C=O) groups is 2. The van der Waals surface area contributed by atoms with E-state index in [1.165, 1.54) is 10.9 Å². The number of carbonyl (C=O) groups excluding carboxylic acids is 2. The lowest BCUT2D eigenvalue weighted by atomic mass is 10.1. The second-order valence-corrected chi connectivity index (χ2v) is 7.88. The zero-order valence-corrected chi connectivity index (χ0v) is 16.6. The maximum Gasteiger partial charge on any atom is 0.469 e. The molecule has 17 heteroatoms. The lowest BCUT2D eigenvalue weighted by Crippen LogP contribution is -2.39. The van der Waals surface area contributed by atoms with Gasteiger partial charge in [-0.05, 0) is 0 Å². The minimum absolute atomic E-state index is 0.0388. The van der Waals surface area contributed by atoms with Crippen LogP contribution in [0.3, 0.4) is 0 Å². The SMILES string of the molecule is NC(=O)C[C@H](N)C(=O)Nc1ncnc2c1ncn2[C@@H]1O[C@H](COP(=O)(O)O)[C@@H](O)[C@H]1O. The van der Waals surface area contributed by atoms with E-state index in [2.05, 4.69) is 24.8 Å². The average molecular weight is 461 g/mol. The van der Waals surface area contributed by atoms with Crippen molar-refractivity contribution in [2.45, 2.75) is 37.0 Å². The van der Waals surface area contributed by atoms with E-state index in [4.69, 9.17) is 26.0 Å². The van der Waals surface area contributed by atoms with Crippen LogP contribution in [0.4, 0.5) is 5.82 Å². The van der Waals surface area contributed by atoms with Crippen LogP contribution in [0, 0.1) is 0 Å². The first-order valence-corrected chi connectivity index (χ1v) is 10.2. The summed E-state index contributed by atoms with van der Waals surface area (Å²) in [6.45, 7) is -0.681. The minimum atomic E-state index is -4.81. The average Bonchev–Trinajstić information content (AvgIpc) is 3.21. The van der Waals surface area contributed by atoms with Crippen LogP contribution in [-0.2, 0) is 23.4 Å². The van der Waals surface area contributed by atoms with Crippen LogP contribution in [0.5, 0.6) is 0 Å². The number of imidazole rings is 1. The highest BCUT2D eigenvalue weighted by Gasteiger charge is 2.45. The van der Waals surface area contributed by atoms with E-state index in [0.29, 0.717) is 0 Å². The molecule has 0 bridgehead atoms. The Bertz CT molecular complexity index is 1030. The van der Waals surface area contributed by atoms with Gasteiger partial charge >= 0.3 is 7.82 Å². The Morgan fingerprint density at radius 2 is 2.00 bits per heavy atom. The summed E-state index contributed by atoms with van der Waals surface area (Å²) < 4.78 is 21.9. The number of anilines is 1. The summed E-state index contributed by atoms with van der Waals surface area (Å²) in [4.78, 5) is 52.6. The monoisotopic (exact) mass is 461 g/mol. The van der Waals surface area contributed by atoms with Gasteiger partial charge < -0.3 is 41.5 Å². The van der Waals surface area contributed by atoms with E-state index < -0.39 is 56.8 Å². The lowest BCUT2D eigenvalue weighted by molar-refractivity contribution is -0.123. The summed E-state index contributed by atoms with van der Waals surface area (Å²) in [6, 6.07) is -1.21. The maximum atomic E-state index is 12.1. The zero-order chi connectivity index (χ0) is 22.9. The number of nitrogens with zero attached hydrogens (tertiary/aromatic N) is 4. The number of primary amides is 1. The van der Waals surface area contributed by atoms with Gasteiger partial charge in [0.25, 0.3) is 0 Å². The Morgan fingerprint density at radius 1 is 1.29 bits per heavy atom. The van der Waals surface area contributed by atoms with Crippen molar-refractivity contribution < 1.29 is 43.4 Å². The molecule has 2 amide bonds. The number of aliphatic hydroxyl groups is 2. The number of phosphoric ester groups is 1. The Labute approximate surface area is 173 Å². The van der Waals surface area contributed by atoms with E-state index in [0.717, 1.165) is 6.33 Å². The highest BCUT2D eigenvalue weighted by atomic mass is 31.2. The summed E-state index contributed by atoms with van der Waals surface area (Å²) in [5.74, 6) is -1.54. The molecular formula is C14H20N7O9P. The minimum Gasteiger partial charge on any atom is -0.387 e. The van der Waals surface area contributed by atoms with Gasteiger partial charge in [-0.2, -0.15) is 0 Å². The number of fused-ring (bicyclic) bond motifs is 1. The van der Waals surface area contributed by atoms with Gasteiger partial charge in [-0.3, -0.25) is 18.7 Å². The Hall–Kier alpha value is -2.56.